The molecule has 1 spiro atoms. The smallest absolute Gasteiger partial charge is 0.0175 e. The SMILES string of the molecule is NCC1(c2ccc(Br)cc2)CC2(CCC2)C1. The summed E-state index contributed by atoms with van der Waals surface area (Å²) in [6, 6.07) is 8.75. The van der Waals surface area contributed by atoms with Gasteiger partial charge in [0, 0.05) is 16.4 Å². The van der Waals surface area contributed by atoms with Gasteiger partial charge in [-0.2, -0.15) is 0 Å². The van der Waals surface area contributed by atoms with E-state index < -0.39 is 0 Å². The van der Waals surface area contributed by atoms with E-state index in [0.717, 1.165) is 11.0 Å². The molecule has 1 nitrogen and oxygen atoms in total. The van der Waals surface area contributed by atoms with Gasteiger partial charge >= 0.3 is 0 Å². The van der Waals surface area contributed by atoms with E-state index in [1.165, 1.54) is 37.7 Å². The van der Waals surface area contributed by atoms with Crippen LogP contribution >= 0.6 is 15.9 Å². The van der Waals surface area contributed by atoms with E-state index in [9.17, 15) is 0 Å². The summed E-state index contributed by atoms with van der Waals surface area (Å²) in [6.45, 7) is 0.802. The number of nitrogens with two attached hydrogens (primary N) is 1. The summed E-state index contributed by atoms with van der Waals surface area (Å²) >= 11 is 3.49. The van der Waals surface area contributed by atoms with Gasteiger partial charge in [-0.1, -0.05) is 34.5 Å². The van der Waals surface area contributed by atoms with Crippen molar-refractivity contribution < 1.29 is 0 Å². The Labute approximate surface area is 106 Å². The molecule has 0 atom stereocenters. The minimum Gasteiger partial charge on any atom is -0.330 e. The lowest BCUT2D eigenvalue weighted by Crippen LogP contribution is -2.56. The summed E-state index contributed by atoms with van der Waals surface area (Å²) in [5.41, 5.74) is 8.45. The fourth-order valence-corrected chi connectivity index (χ4v) is 3.95. The zero-order valence-corrected chi connectivity index (χ0v) is 11.1. The van der Waals surface area contributed by atoms with Crippen LogP contribution in [0.4, 0.5) is 0 Å². The fraction of sp³-hybridized carbons (Fsp3) is 0.571. The Kier molecular flexibility index (Phi) is 2.41. The summed E-state index contributed by atoms with van der Waals surface area (Å²) in [4.78, 5) is 0. The molecule has 0 unspecified atom stereocenters. The van der Waals surface area contributed by atoms with Gasteiger partial charge in [0.1, 0.15) is 0 Å². The summed E-state index contributed by atoms with van der Waals surface area (Å²) in [5.74, 6) is 0. The lowest BCUT2D eigenvalue weighted by molar-refractivity contribution is -0.0446. The van der Waals surface area contributed by atoms with E-state index in [4.69, 9.17) is 5.73 Å². The van der Waals surface area contributed by atoms with Gasteiger partial charge in [-0.05, 0) is 48.8 Å². The summed E-state index contributed by atoms with van der Waals surface area (Å²) in [5, 5.41) is 0. The maximum Gasteiger partial charge on any atom is 0.0175 e. The number of hydrogen-bond donors (Lipinski definition) is 1. The van der Waals surface area contributed by atoms with E-state index in [-0.39, 0.29) is 0 Å². The topological polar surface area (TPSA) is 26.0 Å². The fourth-order valence-electron chi connectivity index (χ4n) is 3.68. The van der Waals surface area contributed by atoms with Crippen LogP contribution in [-0.4, -0.2) is 6.54 Å². The molecule has 2 aliphatic rings. The van der Waals surface area contributed by atoms with Gasteiger partial charge < -0.3 is 5.73 Å². The Hall–Kier alpha value is -0.340. The van der Waals surface area contributed by atoms with Crippen LogP contribution in [-0.2, 0) is 5.41 Å². The average molecular weight is 280 g/mol. The second-order valence-corrected chi connectivity index (χ2v) is 6.61. The highest BCUT2D eigenvalue weighted by atomic mass is 79.9. The van der Waals surface area contributed by atoms with Crippen molar-refractivity contribution in [2.24, 2.45) is 11.1 Å². The van der Waals surface area contributed by atoms with Gasteiger partial charge in [-0.3, -0.25) is 0 Å². The predicted octanol–water partition coefficient (Wildman–Crippen LogP) is 3.61. The Balaban J connectivity index is 1.84. The van der Waals surface area contributed by atoms with Crippen molar-refractivity contribution in [3.63, 3.8) is 0 Å². The van der Waals surface area contributed by atoms with E-state index in [0.29, 0.717) is 10.8 Å². The Bertz CT molecular complexity index is 384. The number of rotatable bonds is 2. The molecule has 2 fully saturated rings. The minimum atomic E-state index is 0.293. The standard InChI is InChI=1S/C14H18BrN/c15-12-4-2-11(3-5-12)14(10-16)8-13(9-14)6-1-7-13/h2-5H,1,6-10,16H2. The van der Waals surface area contributed by atoms with Crippen molar-refractivity contribution in [3.05, 3.63) is 34.3 Å². The van der Waals surface area contributed by atoms with Crippen LogP contribution in [0, 0.1) is 5.41 Å². The number of benzene rings is 1. The first-order valence-corrected chi connectivity index (χ1v) is 6.94. The van der Waals surface area contributed by atoms with Gasteiger partial charge in [0.2, 0.25) is 0 Å². The van der Waals surface area contributed by atoms with Crippen LogP contribution in [0.3, 0.4) is 0 Å². The van der Waals surface area contributed by atoms with Crippen molar-refractivity contribution >= 4 is 15.9 Å². The highest BCUT2D eigenvalue weighted by molar-refractivity contribution is 9.10. The van der Waals surface area contributed by atoms with Crippen molar-refractivity contribution in [1.29, 1.82) is 0 Å². The molecule has 0 bridgehead atoms. The van der Waals surface area contributed by atoms with Crippen LogP contribution in [0.2, 0.25) is 0 Å². The maximum atomic E-state index is 6.03. The largest absolute Gasteiger partial charge is 0.330 e. The molecule has 16 heavy (non-hydrogen) atoms. The van der Waals surface area contributed by atoms with Crippen molar-refractivity contribution in [2.75, 3.05) is 6.54 Å². The summed E-state index contributed by atoms with van der Waals surface area (Å²) in [7, 11) is 0. The second kappa shape index (κ2) is 3.58. The molecule has 3 rings (SSSR count). The van der Waals surface area contributed by atoms with Crippen molar-refractivity contribution in [3.8, 4) is 0 Å². The number of hydrogen-bond acceptors (Lipinski definition) is 1. The lowest BCUT2D eigenvalue weighted by atomic mass is 9.44. The van der Waals surface area contributed by atoms with Crippen LogP contribution in [0.1, 0.15) is 37.7 Å². The first kappa shape index (κ1) is 10.8. The van der Waals surface area contributed by atoms with E-state index >= 15 is 0 Å². The Morgan fingerprint density at radius 3 is 2.19 bits per heavy atom. The molecule has 2 N–H and O–H groups in total. The monoisotopic (exact) mass is 279 g/mol. The molecule has 0 heterocycles. The van der Waals surface area contributed by atoms with Gasteiger partial charge in [0.05, 0.1) is 0 Å². The summed E-state index contributed by atoms with van der Waals surface area (Å²) < 4.78 is 1.15. The van der Waals surface area contributed by atoms with E-state index in [2.05, 4.69) is 40.2 Å². The average Bonchev–Trinajstić information content (AvgIpc) is 2.17. The molecule has 0 saturated heterocycles. The van der Waals surface area contributed by atoms with E-state index in [1.807, 2.05) is 0 Å². The molecule has 0 amide bonds. The maximum absolute atomic E-state index is 6.03. The molecular weight excluding hydrogens is 262 g/mol. The highest BCUT2D eigenvalue weighted by Gasteiger charge is 2.56. The molecule has 86 valence electrons. The van der Waals surface area contributed by atoms with Crippen LogP contribution in [0.25, 0.3) is 0 Å². The quantitative estimate of drug-likeness (QED) is 0.880. The molecule has 1 aromatic rings. The molecule has 0 aromatic heterocycles. The van der Waals surface area contributed by atoms with Gasteiger partial charge in [-0.15, -0.1) is 0 Å². The normalized spacial score (nSPS) is 24.9. The summed E-state index contributed by atoms with van der Waals surface area (Å²) in [6.07, 6.45) is 6.94. The third kappa shape index (κ3) is 1.46. The van der Waals surface area contributed by atoms with Crippen LogP contribution in [0.15, 0.2) is 28.7 Å². The highest BCUT2D eigenvalue weighted by Crippen LogP contribution is 2.64. The molecule has 2 saturated carbocycles. The third-order valence-electron chi connectivity index (χ3n) is 4.69. The minimum absolute atomic E-state index is 0.293. The molecule has 0 aliphatic heterocycles. The van der Waals surface area contributed by atoms with Gasteiger partial charge in [0.25, 0.3) is 0 Å². The van der Waals surface area contributed by atoms with Crippen molar-refractivity contribution in [1.82, 2.24) is 0 Å². The van der Waals surface area contributed by atoms with Crippen LogP contribution < -0.4 is 5.73 Å². The first-order valence-electron chi connectivity index (χ1n) is 6.14. The number of halogens is 1. The zero-order valence-electron chi connectivity index (χ0n) is 9.51. The molecule has 1 aromatic carbocycles. The Morgan fingerprint density at radius 1 is 1.12 bits per heavy atom. The zero-order chi connectivity index (χ0) is 11.2. The first-order chi connectivity index (χ1) is 7.68. The second-order valence-electron chi connectivity index (χ2n) is 5.70. The van der Waals surface area contributed by atoms with Gasteiger partial charge in [-0.25, -0.2) is 0 Å². The van der Waals surface area contributed by atoms with Crippen LogP contribution in [0.5, 0.6) is 0 Å². The molecule has 2 heteroatoms. The van der Waals surface area contributed by atoms with Crippen molar-refractivity contribution in [2.45, 2.75) is 37.5 Å². The molecule has 0 radical (unpaired) electrons. The Morgan fingerprint density at radius 2 is 1.75 bits per heavy atom. The third-order valence-corrected chi connectivity index (χ3v) is 5.22. The lowest BCUT2D eigenvalue weighted by Gasteiger charge is -2.61. The van der Waals surface area contributed by atoms with Gasteiger partial charge in [0.15, 0.2) is 0 Å². The molecule has 2 aliphatic carbocycles. The predicted molar refractivity (Wildman–Crippen MR) is 70.4 cm³/mol. The molecular formula is C14H18BrN. The van der Waals surface area contributed by atoms with E-state index in [1.54, 1.807) is 0 Å².